The van der Waals surface area contributed by atoms with E-state index in [-0.39, 0.29) is 24.0 Å². The monoisotopic (exact) mass is 456 g/mol. The zero-order valence-corrected chi connectivity index (χ0v) is 18.6. The van der Waals surface area contributed by atoms with Crippen molar-refractivity contribution in [1.29, 1.82) is 0 Å². The summed E-state index contributed by atoms with van der Waals surface area (Å²) in [6, 6.07) is 20.7. The van der Waals surface area contributed by atoms with E-state index >= 15 is 0 Å². The average Bonchev–Trinajstić information content (AvgIpc) is 3.54. The van der Waals surface area contributed by atoms with Crippen molar-refractivity contribution in [3.05, 3.63) is 89.0 Å². The van der Waals surface area contributed by atoms with E-state index in [1.165, 1.54) is 12.1 Å². The summed E-state index contributed by atoms with van der Waals surface area (Å²) in [4.78, 5) is 36.8. The minimum absolute atomic E-state index is 0.0662. The summed E-state index contributed by atoms with van der Waals surface area (Å²) in [6.45, 7) is 1.94. The van der Waals surface area contributed by atoms with E-state index in [2.05, 4.69) is 22.8 Å². The van der Waals surface area contributed by atoms with Crippen LogP contribution in [0.15, 0.2) is 66.7 Å². The number of nitrogens with one attached hydrogen (secondary N) is 2. The molecule has 3 aromatic carbocycles. The molecule has 0 radical (unpaired) electrons. The number of benzene rings is 3. The van der Waals surface area contributed by atoms with Crippen LogP contribution in [0, 0.1) is 6.92 Å². The summed E-state index contributed by atoms with van der Waals surface area (Å²) < 4.78 is 5.58. The largest absolute Gasteiger partial charge is 0.478 e. The normalized spacial score (nSPS) is 15.1. The number of hydrogen-bond acceptors (Lipinski definition) is 4. The van der Waals surface area contributed by atoms with Gasteiger partial charge in [0, 0.05) is 11.6 Å². The van der Waals surface area contributed by atoms with Crippen molar-refractivity contribution in [2.75, 3.05) is 11.9 Å². The molecule has 2 aliphatic carbocycles. The topological polar surface area (TPSA) is 105 Å². The van der Waals surface area contributed by atoms with Gasteiger partial charge in [0.15, 0.2) is 0 Å². The van der Waals surface area contributed by atoms with Crippen LogP contribution in [-0.4, -0.2) is 35.2 Å². The van der Waals surface area contributed by atoms with Crippen LogP contribution in [-0.2, 0) is 9.53 Å². The van der Waals surface area contributed by atoms with Crippen LogP contribution in [0.25, 0.3) is 11.1 Å². The highest BCUT2D eigenvalue weighted by atomic mass is 16.5. The molecule has 7 nitrogen and oxygen atoms in total. The van der Waals surface area contributed by atoms with Crippen LogP contribution in [0.5, 0.6) is 0 Å². The first-order valence-corrected chi connectivity index (χ1v) is 11.2. The van der Waals surface area contributed by atoms with E-state index in [1.54, 1.807) is 13.0 Å². The molecule has 172 valence electrons. The molecule has 0 heterocycles. The Kier molecular flexibility index (Phi) is 5.32. The molecule has 0 bridgehead atoms. The third-order valence-electron chi connectivity index (χ3n) is 6.60. The van der Waals surface area contributed by atoms with Gasteiger partial charge in [-0.25, -0.2) is 9.59 Å². The minimum Gasteiger partial charge on any atom is -0.478 e. The number of alkyl carbamates (subject to hydrolysis) is 1. The molecular formula is C27H24N2O5. The van der Waals surface area contributed by atoms with Gasteiger partial charge in [-0.2, -0.15) is 0 Å². The third kappa shape index (κ3) is 3.90. The van der Waals surface area contributed by atoms with Crippen molar-refractivity contribution in [1.82, 2.24) is 5.32 Å². The Balaban J connectivity index is 1.25. The molecule has 0 aliphatic heterocycles. The maximum Gasteiger partial charge on any atom is 0.408 e. The van der Waals surface area contributed by atoms with Crippen molar-refractivity contribution in [2.24, 2.45) is 0 Å². The fourth-order valence-electron chi connectivity index (χ4n) is 4.50. The number of rotatable bonds is 6. The van der Waals surface area contributed by atoms with Crippen LogP contribution in [0.1, 0.15) is 45.8 Å². The lowest BCUT2D eigenvalue weighted by atomic mass is 9.98. The number of carboxylic acids is 1. The number of carboxylic acid groups (broad SMARTS) is 1. The molecule has 2 amide bonds. The maximum atomic E-state index is 12.9. The van der Waals surface area contributed by atoms with Gasteiger partial charge in [0.25, 0.3) is 0 Å². The van der Waals surface area contributed by atoms with Gasteiger partial charge in [-0.1, -0.05) is 54.6 Å². The fourth-order valence-corrected chi connectivity index (χ4v) is 4.50. The molecule has 3 aromatic rings. The van der Waals surface area contributed by atoms with Crippen molar-refractivity contribution in [3.63, 3.8) is 0 Å². The second-order valence-electron chi connectivity index (χ2n) is 8.82. The van der Waals surface area contributed by atoms with Gasteiger partial charge in [0.2, 0.25) is 5.91 Å². The zero-order chi connectivity index (χ0) is 23.9. The van der Waals surface area contributed by atoms with Crippen molar-refractivity contribution in [2.45, 2.75) is 31.2 Å². The Morgan fingerprint density at radius 2 is 1.59 bits per heavy atom. The van der Waals surface area contributed by atoms with E-state index in [0.717, 1.165) is 27.8 Å². The Labute approximate surface area is 196 Å². The third-order valence-corrected chi connectivity index (χ3v) is 6.60. The van der Waals surface area contributed by atoms with Gasteiger partial charge in [0.05, 0.1) is 5.56 Å². The Hall–Kier alpha value is -4.13. The standard InChI is InChI=1S/C27H24N2O5/c1-16-10-11-17(24(30)31)14-23(16)28-25(32)27(12-13-27)29-26(33)34-15-22-20-8-4-2-6-18(20)19-7-3-5-9-21(19)22/h2-11,14,22H,12-13,15H2,1H3,(H,28,32)(H,29,33)(H,30,31). The lowest BCUT2D eigenvalue weighted by molar-refractivity contribution is -0.119. The molecule has 34 heavy (non-hydrogen) atoms. The van der Waals surface area contributed by atoms with E-state index in [9.17, 15) is 19.5 Å². The Morgan fingerprint density at radius 3 is 2.18 bits per heavy atom. The number of aromatic carboxylic acids is 1. The summed E-state index contributed by atoms with van der Waals surface area (Å²) in [7, 11) is 0. The highest BCUT2D eigenvalue weighted by molar-refractivity contribution is 6.03. The molecule has 7 heteroatoms. The number of aryl methyl sites for hydroxylation is 1. The summed E-state index contributed by atoms with van der Waals surface area (Å²) in [6.07, 6.45) is 0.326. The molecule has 1 saturated carbocycles. The second-order valence-corrected chi connectivity index (χ2v) is 8.82. The Morgan fingerprint density at radius 1 is 0.971 bits per heavy atom. The number of ether oxygens (including phenoxy) is 1. The summed E-state index contributed by atoms with van der Waals surface area (Å²) in [5, 5.41) is 14.7. The first kappa shape index (κ1) is 21.7. The van der Waals surface area contributed by atoms with Crippen LogP contribution in [0.4, 0.5) is 10.5 Å². The molecule has 0 spiro atoms. The minimum atomic E-state index is -1.08. The number of carbonyl (C=O) groups excluding carboxylic acids is 2. The van der Waals surface area contributed by atoms with E-state index < -0.39 is 17.6 Å². The van der Waals surface area contributed by atoms with Gasteiger partial charge in [-0.3, -0.25) is 4.79 Å². The van der Waals surface area contributed by atoms with Crippen molar-refractivity contribution in [3.8, 4) is 11.1 Å². The van der Waals surface area contributed by atoms with Crippen LogP contribution in [0.3, 0.4) is 0 Å². The molecule has 0 atom stereocenters. The first-order chi connectivity index (χ1) is 16.4. The van der Waals surface area contributed by atoms with Gasteiger partial charge in [-0.05, 0) is 59.7 Å². The maximum absolute atomic E-state index is 12.9. The van der Waals surface area contributed by atoms with Gasteiger partial charge in [0.1, 0.15) is 12.1 Å². The summed E-state index contributed by atoms with van der Waals surface area (Å²) >= 11 is 0. The number of carbonyl (C=O) groups is 3. The Bertz CT molecular complexity index is 1270. The molecule has 3 N–H and O–H groups in total. The van der Waals surface area contributed by atoms with Crippen molar-refractivity contribution < 1.29 is 24.2 Å². The average molecular weight is 456 g/mol. The smallest absolute Gasteiger partial charge is 0.408 e. The lowest BCUT2D eigenvalue weighted by Crippen LogP contribution is -2.46. The number of anilines is 1. The quantitative estimate of drug-likeness (QED) is 0.499. The van der Waals surface area contributed by atoms with E-state index in [4.69, 9.17) is 4.74 Å². The van der Waals surface area contributed by atoms with E-state index in [0.29, 0.717) is 18.5 Å². The predicted molar refractivity (Wildman–Crippen MR) is 127 cm³/mol. The highest BCUT2D eigenvalue weighted by Gasteiger charge is 2.52. The molecular weight excluding hydrogens is 432 g/mol. The lowest BCUT2D eigenvalue weighted by Gasteiger charge is -2.19. The van der Waals surface area contributed by atoms with Gasteiger partial charge >= 0.3 is 12.1 Å². The first-order valence-electron chi connectivity index (χ1n) is 11.2. The van der Waals surface area contributed by atoms with Crippen LogP contribution in [0.2, 0.25) is 0 Å². The van der Waals surface area contributed by atoms with Crippen LogP contribution < -0.4 is 10.6 Å². The number of hydrogen-bond donors (Lipinski definition) is 3. The fraction of sp³-hybridized carbons (Fsp3) is 0.222. The van der Waals surface area contributed by atoms with E-state index in [1.807, 2.05) is 36.4 Å². The van der Waals surface area contributed by atoms with Crippen LogP contribution >= 0.6 is 0 Å². The SMILES string of the molecule is Cc1ccc(C(=O)O)cc1NC(=O)C1(NC(=O)OCC2c3ccccc3-c3ccccc32)CC1. The molecule has 0 aromatic heterocycles. The number of amides is 2. The molecule has 0 saturated heterocycles. The van der Waals surface area contributed by atoms with Gasteiger partial charge < -0.3 is 20.5 Å². The predicted octanol–water partition coefficient (Wildman–Crippen LogP) is 4.70. The van der Waals surface area contributed by atoms with Crippen molar-refractivity contribution >= 4 is 23.7 Å². The molecule has 2 aliphatic rings. The highest BCUT2D eigenvalue weighted by Crippen LogP contribution is 2.44. The molecule has 1 fully saturated rings. The number of fused-ring (bicyclic) bond motifs is 3. The van der Waals surface area contributed by atoms with Gasteiger partial charge in [-0.15, -0.1) is 0 Å². The molecule has 0 unspecified atom stereocenters. The summed E-state index contributed by atoms with van der Waals surface area (Å²) in [5.41, 5.74) is 4.69. The second kappa shape index (κ2) is 8.33. The molecule has 5 rings (SSSR count). The summed E-state index contributed by atoms with van der Waals surface area (Å²) in [5.74, 6) is -1.52. The zero-order valence-electron chi connectivity index (χ0n) is 18.6.